The van der Waals surface area contributed by atoms with Gasteiger partial charge < -0.3 is 19.7 Å². The minimum Gasteiger partial charge on any atom is -0.491 e. The number of nitrogens with one attached hydrogen (secondary N) is 1. The maximum Gasteiger partial charge on any atom is 0.237 e. The first-order chi connectivity index (χ1) is 12.1. The van der Waals surface area contributed by atoms with Gasteiger partial charge in [-0.25, -0.2) is 0 Å². The van der Waals surface area contributed by atoms with E-state index in [1.165, 1.54) is 0 Å². The molecule has 138 valence electrons. The second-order valence-electron chi connectivity index (χ2n) is 6.93. The molecule has 6 nitrogen and oxygen atoms in total. The van der Waals surface area contributed by atoms with Crippen molar-refractivity contribution < 1.29 is 14.3 Å². The first-order valence-electron chi connectivity index (χ1n) is 9.20. The number of morpholine rings is 1. The molecular formula is C19H29N3O3. The highest BCUT2D eigenvalue weighted by atomic mass is 16.5. The van der Waals surface area contributed by atoms with E-state index in [1.54, 1.807) is 0 Å². The smallest absolute Gasteiger partial charge is 0.237 e. The number of rotatable bonds is 5. The van der Waals surface area contributed by atoms with Crippen LogP contribution in [0.3, 0.4) is 0 Å². The van der Waals surface area contributed by atoms with E-state index in [2.05, 4.69) is 22.3 Å². The van der Waals surface area contributed by atoms with E-state index in [0.29, 0.717) is 6.54 Å². The van der Waals surface area contributed by atoms with Crippen molar-refractivity contribution in [2.24, 2.45) is 0 Å². The highest BCUT2D eigenvalue weighted by Crippen LogP contribution is 2.25. The molecule has 0 unspecified atom stereocenters. The van der Waals surface area contributed by atoms with E-state index in [0.717, 1.165) is 57.3 Å². The van der Waals surface area contributed by atoms with Gasteiger partial charge in [0.15, 0.2) is 0 Å². The second-order valence-corrected chi connectivity index (χ2v) is 6.93. The lowest BCUT2D eigenvalue weighted by molar-refractivity contribution is -0.136. The molecule has 2 fully saturated rings. The van der Waals surface area contributed by atoms with Gasteiger partial charge in [-0.15, -0.1) is 0 Å². The van der Waals surface area contributed by atoms with Crippen LogP contribution in [0.5, 0.6) is 5.75 Å². The fraction of sp³-hybridized carbons (Fsp3) is 0.632. The van der Waals surface area contributed by atoms with Gasteiger partial charge in [0.25, 0.3) is 0 Å². The van der Waals surface area contributed by atoms with Crippen LogP contribution < -0.4 is 10.1 Å². The minimum atomic E-state index is 0.0791. The maximum absolute atomic E-state index is 12.9. The van der Waals surface area contributed by atoms with Crippen molar-refractivity contribution in [1.29, 1.82) is 0 Å². The number of piperazine rings is 1. The number of ether oxygens (including phenoxy) is 2. The highest BCUT2D eigenvalue weighted by molar-refractivity contribution is 5.79. The average Bonchev–Trinajstić information content (AvgIpc) is 2.63. The Labute approximate surface area is 150 Å². The van der Waals surface area contributed by atoms with Crippen LogP contribution in [0.2, 0.25) is 0 Å². The minimum absolute atomic E-state index is 0.0791. The van der Waals surface area contributed by atoms with Crippen molar-refractivity contribution in [2.45, 2.75) is 26.0 Å². The Kier molecular flexibility index (Phi) is 6.29. The summed E-state index contributed by atoms with van der Waals surface area (Å²) in [6, 6.07) is 8.22. The fourth-order valence-electron chi connectivity index (χ4n) is 3.38. The summed E-state index contributed by atoms with van der Waals surface area (Å²) < 4.78 is 11.1. The highest BCUT2D eigenvalue weighted by Gasteiger charge is 2.29. The Bertz CT molecular complexity index is 556. The molecule has 6 heteroatoms. The van der Waals surface area contributed by atoms with Crippen molar-refractivity contribution in [3.63, 3.8) is 0 Å². The summed E-state index contributed by atoms with van der Waals surface area (Å²) in [6.07, 6.45) is 0.161. The topological polar surface area (TPSA) is 54.0 Å². The molecule has 1 N–H and O–H groups in total. The molecule has 2 saturated heterocycles. The average molecular weight is 347 g/mol. The van der Waals surface area contributed by atoms with Crippen LogP contribution in [0.1, 0.15) is 25.5 Å². The number of benzene rings is 1. The van der Waals surface area contributed by atoms with Crippen LogP contribution >= 0.6 is 0 Å². The number of nitrogens with zero attached hydrogens (tertiary/aromatic N) is 2. The number of hydrogen-bond acceptors (Lipinski definition) is 5. The quantitative estimate of drug-likeness (QED) is 0.870. The van der Waals surface area contributed by atoms with Gasteiger partial charge in [0.2, 0.25) is 5.91 Å². The molecule has 1 aromatic carbocycles. The summed E-state index contributed by atoms with van der Waals surface area (Å²) >= 11 is 0. The van der Waals surface area contributed by atoms with Crippen molar-refractivity contribution in [2.75, 3.05) is 52.5 Å². The fourth-order valence-corrected chi connectivity index (χ4v) is 3.38. The van der Waals surface area contributed by atoms with E-state index in [1.807, 2.05) is 30.9 Å². The lowest BCUT2D eigenvalue weighted by Crippen LogP contribution is -2.52. The zero-order valence-corrected chi connectivity index (χ0v) is 15.2. The first kappa shape index (κ1) is 18.2. The number of hydrogen-bond donors (Lipinski definition) is 1. The van der Waals surface area contributed by atoms with Gasteiger partial charge in [0.05, 0.1) is 31.9 Å². The molecule has 0 aromatic heterocycles. The Balaban J connectivity index is 1.66. The summed E-state index contributed by atoms with van der Waals surface area (Å²) in [5.74, 6) is 1.07. The molecule has 2 aliphatic rings. The van der Waals surface area contributed by atoms with Crippen LogP contribution in [0, 0.1) is 0 Å². The van der Waals surface area contributed by atoms with Gasteiger partial charge >= 0.3 is 0 Å². The number of carbonyl (C=O) groups is 1. The Morgan fingerprint density at radius 3 is 2.64 bits per heavy atom. The molecule has 25 heavy (non-hydrogen) atoms. The largest absolute Gasteiger partial charge is 0.491 e. The van der Waals surface area contributed by atoms with E-state index in [-0.39, 0.29) is 18.1 Å². The zero-order valence-electron chi connectivity index (χ0n) is 15.2. The zero-order chi connectivity index (χ0) is 17.6. The molecule has 1 atom stereocenters. The van der Waals surface area contributed by atoms with Gasteiger partial charge in [0.1, 0.15) is 5.75 Å². The standard InChI is InChI=1S/C19H29N3O3/c1-15(2)25-17-5-3-16(4-6-17)18-13-20-7-8-22(18)19(23)14-21-9-11-24-12-10-21/h3-6,15,18,20H,7-14H2,1-2H3/t18-/m0/s1. The van der Waals surface area contributed by atoms with Crippen LogP contribution in [0.15, 0.2) is 24.3 Å². The lowest BCUT2D eigenvalue weighted by atomic mass is 10.0. The van der Waals surface area contributed by atoms with E-state index >= 15 is 0 Å². The summed E-state index contributed by atoms with van der Waals surface area (Å²) in [6.45, 7) is 10.0. The molecule has 2 aliphatic heterocycles. The van der Waals surface area contributed by atoms with E-state index in [4.69, 9.17) is 9.47 Å². The third-order valence-electron chi connectivity index (χ3n) is 4.66. The molecule has 0 bridgehead atoms. The third kappa shape index (κ3) is 4.93. The normalized spacial score (nSPS) is 22.2. The first-order valence-corrected chi connectivity index (χ1v) is 9.20. The molecular weight excluding hydrogens is 318 g/mol. The van der Waals surface area contributed by atoms with Gasteiger partial charge in [-0.3, -0.25) is 9.69 Å². The second kappa shape index (κ2) is 8.65. The molecule has 0 spiro atoms. The molecule has 1 aromatic rings. The van der Waals surface area contributed by atoms with Gasteiger partial charge in [-0.1, -0.05) is 12.1 Å². The van der Waals surface area contributed by atoms with Crippen molar-refractivity contribution >= 4 is 5.91 Å². The Morgan fingerprint density at radius 2 is 1.96 bits per heavy atom. The summed E-state index contributed by atoms with van der Waals surface area (Å²) in [5, 5.41) is 3.41. The van der Waals surface area contributed by atoms with Gasteiger partial charge in [-0.05, 0) is 31.5 Å². The lowest BCUT2D eigenvalue weighted by Gasteiger charge is -2.38. The predicted octanol–water partition coefficient (Wildman–Crippen LogP) is 1.28. The number of amides is 1. The van der Waals surface area contributed by atoms with E-state index in [9.17, 15) is 4.79 Å². The third-order valence-corrected chi connectivity index (χ3v) is 4.66. The van der Waals surface area contributed by atoms with Crippen LogP contribution in [0.4, 0.5) is 0 Å². The molecule has 0 aliphatic carbocycles. The summed E-state index contributed by atoms with van der Waals surface area (Å²) in [4.78, 5) is 17.1. The van der Waals surface area contributed by atoms with Gasteiger partial charge in [0, 0.05) is 32.7 Å². The van der Waals surface area contributed by atoms with Crippen molar-refractivity contribution in [3.8, 4) is 5.75 Å². The summed E-state index contributed by atoms with van der Waals surface area (Å²) in [5.41, 5.74) is 1.15. The Hall–Kier alpha value is -1.63. The van der Waals surface area contributed by atoms with Crippen LogP contribution in [-0.4, -0.2) is 74.3 Å². The molecule has 0 saturated carbocycles. The van der Waals surface area contributed by atoms with Crippen molar-refractivity contribution in [3.05, 3.63) is 29.8 Å². The van der Waals surface area contributed by atoms with Crippen molar-refractivity contribution in [1.82, 2.24) is 15.1 Å². The monoisotopic (exact) mass is 347 g/mol. The SMILES string of the molecule is CC(C)Oc1ccc([C@@H]2CNCCN2C(=O)CN2CCOCC2)cc1. The molecule has 2 heterocycles. The van der Waals surface area contributed by atoms with Crippen LogP contribution in [0.25, 0.3) is 0 Å². The van der Waals surface area contributed by atoms with Gasteiger partial charge in [-0.2, -0.15) is 0 Å². The predicted molar refractivity (Wildman–Crippen MR) is 96.8 cm³/mol. The van der Waals surface area contributed by atoms with Crippen LogP contribution in [-0.2, 0) is 9.53 Å². The molecule has 1 amide bonds. The van der Waals surface area contributed by atoms with E-state index < -0.39 is 0 Å². The Morgan fingerprint density at radius 1 is 1.24 bits per heavy atom. The maximum atomic E-state index is 12.9. The number of carbonyl (C=O) groups excluding carboxylic acids is 1. The molecule has 0 radical (unpaired) electrons. The molecule has 3 rings (SSSR count). The summed E-state index contributed by atoms with van der Waals surface area (Å²) in [7, 11) is 0.